The van der Waals surface area contributed by atoms with Gasteiger partial charge in [0.15, 0.2) is 0 Å². The van der Waals surface area contributed by atoms with Crippen molar-refractivity contribution in [3.63, 3.8) is 0 Å². The minimum absolute atomic E-state index is 0.0938. The van der Waals surface area contributed by atoms with Crippen molar-refractivity contribution in [2.24, 2.45) is 0 Å². The van der Waals surface area contributed by atoms with Gasteiger partial charge < -0.3 is 5.32 Å². The van der Waals surface area contributed by atoms with Crippen molar-refractivity contribution in [2.75, 3.05) is 19.6 Å². The van der Waals surface area contributed by atoms with Gasteiger partial charge in [0, 0.05) is 18.6 Å². The molecule has 0 spiro atoms. The molecule has 1 N–H and O–H groups in total. The van der Waals surface area contributed by atoms with E-state index in [-0.39, 0.29) is 5.82 Å². The molecule has 1 saturated heterocycles. The summed E-state index contributed by atoms with van der Waals surface area (Å²) in [6, 6.07) is 7.93. The Morgan fingerprint density at radius 3 is 2.58 bits per heavy atom. The molecule has 1 heterocycles. The highest BCUT2D eigenvalue weighted by Gasteiger charge is 2.18. The van der Waals surface area contributed by atoms with Gasteiger partial charge in [0.2, 0.25) is 0 Å². The fraction of sp³-hybridized carbons (Fsp3) is 0.625. The number of nitrogens with zero attached hydrogens (tertiary/aromatic N) is 1. The van der Waals surface area contributed by atoms with Crippen molar-refractivity contribution in [2.45, 2.75) is 45.2 Å². The lowest BCUT2D eigenvalue weighted by Gasteiger charge is -2.25. The first-order chi connectivity index (χ1) is 9.16. The van der Waals surface area contributed by atoms with Gasteiger partial charge in [0.1, 0.15) is 5.82 Å². The van der Waals surface area contributed by atoms with E-state index in [2.05, 4.69) is 24.1 Å². The number of nitrogens with one attached hydrogen (secondary N) is 1. The summed E-state index contributed by atoms with van der Waals surface area (Å²) in [5.74, 6) is -0.0938. The van der Waals surface area contributed by atoms with Crippen LogP contribution in [0.2, 0.25) is 0 Å². The lowest BCUT2D eigenvalue weighted by molar-refractivity contribution is 0.246. The second-order valence-electron chi connectivity index (χ2n) is 5.70. The van der Waals surface area contributed by atoms with Crippen molar-refractivity contribution in [3.05, 3.63) is 35.6 Å². The van der Waals surface area contributed by atoms with Crippen LogP contribution in [-0.2, 0) is 6.42 Å². The largest absolute Gasteiger partial charge is 0.312 e. The summed E-state index contributed by atoms with van der Waals surface area (Å²) in [5.41, 5.74) is 0.802. The molecule has 1 aromatic carbocycles. The Morgan fingerprint density at radius 2 is 1.89 bits per heavy atom. The van der Waals surface area contributed by atoms with Crippen molar-refractivity contribution in [1.82, 2.24) is 10.2 Å². The fourth-order valence-electron chi connectivity index (χ4n) is 2.75. The molecule has 0 saturated carbocycles. The molecular weight excluding hydrogens is 239 g/mol. The molecule has 3 heteroatoms. The summed E-state index contributed by atoms with van der Waals surface area (Å²) < 4.78 is 13.6. The van der Waals surface area contributed by atoms with Crippen LogP contribution in [0.25, 0.3) is 0 Å². The van der Waals surface area contributed by atoms with Crippen LogP contribution in [0.5, 0.6) is 0 Å². The second-order valence-corrected chi connectivity index (χ2v) is 5.70. The quantitative estimate of drug-likeness (QED) is 0.850. The van der Waals surface area contributed by atoms with E-state index in [0.29, 0.717) is 12.1 Å². The standard InChI is InChI=1S/C16H25FN2/c1-13(11-15-7-3-4-8-16(15)17)18-12-14(2)19-9-5-6-10-19/h3-4,7-8,13-14,18H,5-6,9-12H2,1-2H3. The Morgan fingerprint density at radius 1 is 1.21 bits per heavy atom. The predicted molar refractivity (Wildman–Crippen MR) is 77.8 cm³/mol. The predicted octanol–water partition coefficient (Wildman–Crippen LogP) is 2.83. The van der Waals surface area contributed by atoms with Gasteiger partial charge in [-0.25, -0.2) is 4.39 Å². The summed E-state index contributed by atoms with van der Waals surface area (Å²) in [6.45, 7) is 7.84. The van der Waals surface area contributed by atoms with Gasteiger partial charge >= 0.3 is 0 Å². The smallest absolute Gasteiger partial charge is 0.126 e. The second kappa shape index (κ2) is 7.01. The average Bonchev–Trinajstić information content (AvgIpc) is 2.93. The Bertz CT molecular complexity index is 388. The highest BCUT2D eigenvalue weighted by atomic mass is 19.1. The van der Waals surface area contributed by atoms with Crippen molar-refractivity contribution in [3.8, 4) is 0 Å². The molecule has 2 unspecified atom stereocenters. The van der Waals surface area contributed by atoms with E-state index in [1.165, 1.54) is 32.0 Å². The Labute approximate surface area is 116 Å². The zero-order valence-corrected chi connectivity index (χ0v) is 12.0. The van der Waals surface area contributed by atoms with Gasteiger partial charge in [-0.3, -0.25) is 4.90 Å². The summed E-state index contributed by atoms with van der Waals surface area (Å²) >= 11 is 0. The minimum atomic E-state index is -0.0938. The zero-order valence-electron chi connectivity index (χ0n) is 12.0. The van der Waals surface area contributed by atoms with Gasteiger partial charge in [-0.1, -0.05) is 18.2 Å². The van der Waals surface area contributed by atoms with Crippen LogP contribution < -0.4 is 5.32 Å². The van der Waals surface area contributed by atoms with E-state index in [1.807, 2.05) is 12.1 Å². The molecule has 1 aliphatic rings. The van der Waals surface area contributed by atoms with Crippen LogP contribution in [-0.4, -0.2) is 36.6 Å². The van der Waals surface area contributed by atoms with Crippen LogP contribution in [0.4, 0.5) is 4.39 Å². The molecule has 0 radical (unpaired) electrons. The topological polar surface area (TPSA) is 15.3 Å². The molecule has 19 heavy (non-hydrogen) atoms. The van der Waals surface area contributed by atoms with E-state index >= 15 is 0 Å². The Balaban J connectivity index is 1.75. The number of likely N-dealkylation sites (tertiary alicyclic amines) is 1. The minimum Gasteiger partial charge on any atom is -0.312 e. The van der Waals surface area contributed by atoms with Gasteiger partial charge in [-0.15, -0.1) is 0 Å². The molecule has 0 amide bonds. The third-order valence-electron chi connectivity index (χ3n) is 4.01. The first kappa shape index (κ1) is 14.5. The molecule has 0 bridgehead atoms. The van der Waals surface area contributed by atoms with Crippen LogP contribution >= 0.6 is 0 Å². The summed E-state index contributed by atoms with van der Waals surface area (Å²) in [7, 11) is 0. The van der Waals surface area contributed by atoms with Crippen LogP contribution in [0.3, 0.4) is 0 Å². The van der Waals surface area contributed by atoms with E-state index in [1.54, 1.807) is 6.07 Å². The monoisotopic (exact) mass is 264 g/mol. The molecule has 1 aliphatic heterocycles. The van der Waals surface area contributed by atoms with E-state index in [9.17, 15) is 4.39 Å². The van der Waals surface area contributed by atoms with E-state index in [0.717, 1.165) is 18.5 Å². The molecule has 106 valence electrons. The van der Waals surface area contributed by atoms with Crippen molar-refractivity contribution < 1.29 is 4.39 Å². The first-order valence-corrected chi connectivity index (χ1v) is 7.37. The van der Waals surface area contributed by atoms with E-state index < -0.39 is 0 Å². The van der Waals surface area contributed by atoms with Crippen LogP contribution in [0.1, 0.15) is 32.3 Å². The number of halogens is 1. The number of hydrogen-bond donors (Lipinski definition) is 1. The Kier molecular flexibility index (Phi) is 5.34. The molecule has 2 rings (SSSR count). The zero-order chi connectivity index (χ0) is 13.7. The van der Waals surface area contributed by atoms with Gasteiger partial charge in [0.05, 0.1) is 0 Å². The average molecular weight is 264 g/mol. The molecule has 2 atom stereocenters. The molecule has 2 nitrogen and oxygen atoms in total. The van der Waals surface area contributed by atoms with E-state index in [4.69, 9.17) is 0 Å². The molecule has 1 aromatic rings. The van der Waals surface area contributed by atoms with Crippen molar-refractivity contribution in [1.29, 1.82) is 0 Å². The third-order valence-corrected chi connectivity index (χ3v) is 4.01. The first-order valence-electron chi connectivity index (χ1n) is 7.37. The van der Waals surface area contributed by atoms with Crippen LogP contribution in [0, 0.1) is 5.82 Å². The van der Waals surface area contributed by atoms with Gasteiger partial charge in [-0.05, 0) is 57.8 Å². The molecular formula is C16H25FN2. The van der Waals surface area contributed by atoms with Crippen LogP contribution in [0.15, 0.2) is 24.3 Å². The summed E-state index contributed by atoms with van der Waals surface area (Å²) in [5, 5.41) is 3.53. The maximum absolute atomic E-state index is 13.6. The maximum Gasteiger partial charge on any atom is 0.126 e. The molecule has 0 aromatic heterocycles. The summed E-state index contributed by atoms with van der Waals surface area (Å²) in [4.78, 5) is 2.53. The van der Waals surface area contributed by atoms with Gasteiger partial charge in [-0.2, -0.15) is 0 Å². The number of rotatable bonds is 6. The fourth-order valence-corrected chi connectivity index (χ4v) is 2.75. The number of hydrogen-bond acceptors (Lipinski definition) is 2. The Hall–Kier alpha value is -0.930. The van der Waals surface area contributed by atoms with Gasteiger partial charge in [0.25, 0.3) is 0 Å². The van der Waals surface area contributed by atoms with Crippen molar-refractivity contribution >= 4 is 0 Å². The summed E-state index contributed by atoms with van der Waals surface area (Å²) in [6.07, 6.45) is 3.41. The molecule has 0 aliphatic carbocycles. The lowest BCUT2D eigenvalue weighted by Crippen LogP contribution is -2.42. The maximum atomic E-state index is 13.6. The highest BCUT2D eigenvalue weighted by molar-refractivity contribution is 5.18. The molecule has 1 fully saturated rings. The lowest BCUT2D eigenvalue weighted by atomic mass is 10.1. The normalized spacial score (nSPS) is 19.5. The third kappa shape index (κ3) is 4.29. The highest BCUT2D eigenvalue weighted by Crippen LogP contribution is 2.12. The SMILES string of the molecule is CC(Cc1ccccc1F)NCC(C)N1CCCC1. The number of benzene rings is 1.